The van der Waals surface area contributed by atoms with E-state index in [1.165, 1.54) is 0 Å². The molecule has 0 bridgehead atoms. The second-order valence-corrected chi connectivity index (χ2v) is 4.41. The molecule has 0 radical (unpaired) electrons. The van der Waals surface area contributed by atoms with Crippen molar-refractivity contribution in [2.75, 3.05) is 18.2 Å². The van der Waals surface area contributed by atoms with Gasteiger partial charge in [-0.2, -0.15) is 0 Å². The monoisotopic (exact) mass is 290 g/mol. The minimum atomic E-state index is 0.294. The van der Waals surface area contributed by atoms with Gasteiger partial charge in [-0.15, -0.1) is 10.2 Å². The lowest BCUT2D eigenvalue weighted by molar-refractivity contribution is 0.415. The fraction of sp³-hybridized carbons (Fsp3) is 0.0833. The highest BCUT2D eigenvalue weighted by atomic mass is 35.5. The van der Waals surface area contributed by atoms with Crippen LogP contribution in [0.2, 0.25) is 5.02 Å². The third-order valence-electron chi connectivity index (χ3n) is 2.78. The number of nitrogens with two attached hydrogens (primary N) is 1. The van der Waals surface area contributed by atoms with E-state index in [0.29, 0.717) is 33.9 Å². The zero-order valence-electron chi connectivity index (χ0n) is 10.5. The number of hydrogen-bond acceptors (Lipinski definition) is 6. The zero-order valence-corrected chi connectivity index (χ0v) is 11.3. The lowest BCUT2D eigenvalue weighted by Crippen LogP contribution is -2.00. The zero-order chi connectivity index (χ0) is 14.1. The second kappa shape index (κ2) is 4.86. The van der Waals surface area contributed by atoms with Gasteiger partial charge in [-0.3, -0.25) is 4.40 Å². The van der Waals surface area contributed by atoms with E-state index >= 15 is 0 Å². The molecule has 0 aliphatic heterocycles. The molecule has 2 heterocycles. The third-order valence-corrected chi connectivity index (χ3v) is 3.11. The normalized spacial score (nSPS) is 10.7. The Morgan fingerprint density at radius 3 is 3.00 bits per heavy atom. The van der Waals surface area contributed by atoms with Gasteiger partial charge in [-0.25, -0.2) is 4.98 Å². The van der Waals surface area contributed by atoms with Crippen LogP contribution in [0.15, 0.2) is 30.6 Å². The van der Waals surface area contributed by atoms with Crippen molar-refractivity contribution in [3.05, 3.63) is 35.6 Å². The Bertz CT molecular complexity index is 772. The minimum Gasteiger partial charge on any atom is -0.497 e. The van der Waals surface area contributed by atoms with Crippen molar-refractivity contribution < 1.29 is 4.74 Å². The van der Waals surface area contributed by atoms with E-state index in [1.54, 1.807) is 42.1 Å². The van der Waals surface area contributed by atoms with E-state index < -0.39 is 0 Å². The van der Waals surface area contributed by atoms with Gasteiger partial charge in [0.25, 0.3) is 0 Å². The highest BCUT2D eigenvalue weighted by Gasteiger charge is 2.10. The van der Waals surface area contributed by atoms with E-state index in [1.807, 2.05) is 0 Å². The average Bonchev–Trinajstić information content (AvgIpc) is 2.84. The second-order valence-electron chi connectivity index (χ2n) is 4.00. The molecule has 3 N–H and O–H groups in total. The van der Waals surface area contributed by atoms with Crippen LogP contribution >= 0.6 is 11.6 Å². The number of methoxy groups -OCH3 is 1. The van der Waals surface area contributed by atoms with E-state index in [0.717, 1.165) is 0 Å². The van der Waals surface area contributed by atoms with Gasteiger partial charge in [-0.1, -0.05) is 11.6 Å². The summed E-state index contributed by atoms with van der Waals surface area (Å²) in [7, 11) is 1.59. The average molecular weight is 291 g/mol. The van der Waals surface area contributed by atoms with Crippen molar-refractivity contribution in [1.29, 1.82) is 0 Å². The highest BCUT2D eigenvalue weighted by Crippen LogP contribution is 2.29. The summed E-state index contributed by atoms with van der Waals surface area (Å²) in [4.78, 5) is 4.22. The van der Waals surface area contributed by atoms with Crippen LogP contribution in [-0.2, 0) is 0 Å². The number of fused-ring (bicyclic) bond motifs is 1. The highest BCUT2D eigenvalue weighted by molar-refractivity contribution is 6.33. The molecule has 102 valence electrons. The van der Waals surface area contributed by atoms with Gasteiger partial charge in [-0.05, 0) is 12.1 Å². The molecule has 3 rings (SSSR count). The van der Waals surface area contributed by atoms with Gasteiger partial charge in [0.05, 0.1) is 17.8 Å². The van der Waals surface area contributed by atoms with Gasteiger partial charge in [0.2, 0.25) is 11.6 Å². The number of rotatable bonds is 3. The first-order valence-electron chi connectivity index (χ1n) is 5.75. The summed E-state index contributed by atoms with van der Waals surface area (Å²) in [5.41, 5.74) is 6.88. The maximum absolute atomic E-state index is 6.15. The molecule has 0 saturated heterocycles. The summed E-state index contributed by atoms with van der Waals surface area (Å²) >= 11 is 6.15. The number of anilines is 3. The molecule has 0 aliphatic rings. The molecule has 3 aromatic rings. The predicted molar refractivity (Wildman–Crippen MR) is 76.5 cm³/mol. The van der Waals surface area contributed by atoms with E-state index in [-0.39, 0.29) is 0 Å². The molecule has 20 heavy (non-hydrogen) atoms. The molecule has 0 amide bonds. The number of hydrogen-bond donors (Lipinski definition) is 2. The van der Waals surface area contributed by atoms with E-state index in [9.17, 15) is 0 Å². The molecule has 8 heteroatoms. The van der Waals surface area contributed by atoms with Crippen LogP contribution in [0.3, 0.4) is 0 Å². The fourth-order valence-corrected chi connectivity index (χ4v) is 1.95. The van der Waals surface area contributed by atoms with Crippen LogP contribution in [0.5, 0.6) is 5.75 Å². The summed E-state index contributed by atoms with van der Waals surface area (Å²) in [6, 6.07) is 5.28. The van der Waals surface area contributed by atoms with Crippen molar-refractivity contribution in [3.8, 4) is 5.75 Å². The molecule has 1 aromatic carbocycles. The summed E-state index contributed by atoms with van der Waals surface area (Å²) in [6.07, 6.45) is 3.28. The summed E-state index contributed by atoms with van der Waals surface area (Å²) < 4.78 is 6.80. The van der Waals surface area contributed by atoms with Crippen LogP contribution < -0.4 is 15.8 Å². The van der Waals surface area contributed by atoms with E-state index in [2.05, 4.69) is 20.5 Å². The van der Waals surface area contributed by atoms with E-state index in [4.69, 9.17) is 22.1 Å². The van der Waals surface area contributed by atoms with Crippen molar-refractivity contribution >= 4 is 34.7 Å². The van der Waals surface area contributed by atoms with Crippen molar-refractivity contribution in [1.82, 2.24) is 19.6 Å². The first-order valence-corrected chi connectivity index (χ1v) is 6.12. The molecule has 0 saturated carbocycles. The Morgan fingerprint density at radius 2 is 2.20 bits per heavy atom. The SMILES string of the molecule is COc1ccc(Cl)c(Nc2nccn3c(N)nnc23)c1. The van der Waals surface area contributed by atoms with Crippen molar-refractivity contribution in [3.63, 3.8) is 0 Å². The van der Waals surface area contributed by atoms with Crippen LogP contribution in [0.25, 0.3) is 5.65 Å². The summed E-state index contributed by atoms with van der Waals surface area (Å²) in [6.45, 7) is 0. The van der Waals surface area contributed by atoms with Crippen molar-refractivity contribution in [2.24, 2.45) is 0 Å². The van der Waals surface area contributed by atoms with Crippen LogP contribution in [0.4, 0.5) is 17.5 Å². The van der Waals surface area contributed by atoms with Crippen LogP contribution in [-0.4, -0.2) is 26.7 Å². The first-order chi connectivity index (χ1) is 9.69. The van der Waals surface area contributed by atoms with Gasteiger partial charge in [0, 0.05) is 18.5 Å². The number of ether oxygens (including phenoxy) is 1. The number of nitrogens with one attached hydrogen (secondary N) is 1. The number of nitrogens with zero attached hydrogens (tertiary/aromatic N) is 4. The standard InChI is InChI=1S/C12H11ClN6O/c1-20-7-2-3-8(13)9(6-7)16-10-11-17-18-12(14)19(11)5-4-15-10/h2-6H,1H3,(H2,14,18)(H,15,16). The lowest BCUT2D eigenvalue weighted by Gasteiger charge is -2.09. The molecule has 0 spiro atoms. The topological polar surface area (TPSA) is 90.4 Å². The maximum atomic E-state index is 6.15. The Kier molecular flexibility index (Phi) is 3.03. The molecule has 2 aromatic heterocycles. The minimum absolute atomic E-state index is 0.294. The van der Waals surface area contributed by atoms with Crippen LogP contribution in [0.1, 0.15) is 0 Å². The largest absolute Gasteiger partial charge is 0.497 e. The predicted octanol–water partition coefficient (Wildman–Crippen LogP) is 2.11. The molecule has 0 atom stereocenters. The quantitative estimate of drug-likeness (QED) is 0.768. The Balaban J connectivity index is 2.05. The molecular formula is C12H11ClN6O. The third kappa shape index (κ3) is 2.08. The Morgan fingerprint density at radius 1 is 1.35 bits per heavy atom. The molecule has 0 aliphatic carbocycles. The van der Waals surface area contributed by atoms with Gasteiger partial charge >= 0.3 is 0 Å². The lowest BCUT2D eigenvalue weighted by atomic mass is 10.3. The molecule has 0 fully saturated rings. The molecule has 7 nitrogen and oxygen atoms in total. The number of aromatic nitrogens is 4. The maximum Gasteiger partial charge on any atom is 0.226 e. The first kappa shape index (κ1) is 12.5. The van der Waals surface area contributed by atoms with Crippen molar-refractivity contribution in [2.45, 2.75) is 0 Å². The fourth-order valence-electron chi connectivity index (χ4n) is 1.79. The number of halogens is 1. The Labute approximate surface area is 119 Å². The van der Waals surface area contributed by atoms with Crippen LogP contribution in [0, 0.1) is 0 Å². The number of benzene rings is 1. The number of nitrogen functional groups attached to an aromatic ring is 1. The Hall–Kier alpha value is -2.54. The van der Waals surface area contributed by atoms with Gasteiger partial charge < -0.3 is 15.8 Å². The van der Waals surface area contributed by atoms with Gasteiger partial charge in [0.1, 0.15) is 5.75 Å². The summed E-state index contributed by atoms with van der Waals surface area (Å²) in [5.74, 6) is 1.49. The smallest absolute Gasteiger partial charge is 0.226 e. The summed E-state index contributed by atoms with van der Waals surface area (Å²) in [5, 5.41) is 11.4. The molecule has 0 unspecified atom stereocenters. The molecular weight excluding hydrogens is 280 g/mol. The van der Waals surface area contributed by atoms with Gasteiger partial charge in [0.15, 0.2) is 5.82 Å².